The summed E-state index contributed by atoms with van der Waals surface area (Å²) in [5, 5.41) is 18.8. The van der Waals surface area contributed by atoms with E-state index in [1.165, 1.54) is 6.08 Å². The van der Waals surface area contributed by atoms with Crippen LogP contribution in [0.5, 0.6) is 0 Å². The number of carboxylic acids is 1. The number of rotatable bonds is 6. The van der Waals surface area contributed by atoms with Gasteiger partial charge in [0.1, 0.15) is 0 Å². The van der Waals surface area contributed by atoms with Crippen LogP contribution in [0.25, 0.3) is 6.08 Å². The van der Waals surface area contributed by atoms with E-state index in [1.807, 2.05) is 0 Å². The first-order valence-electron chi connectivity index (χ1n) is 6.28. The molecule has 1 amide bonds. The van der Waals surface area contributed by atoms with Crippen molar-refractivity contribution in [2.24, 2.45) is 0 Å². The number of amides is 1. The lowest BCUT2D eigenvalue weighted by molar-refractivity contribution is -0.131. The molecule has 0 aliphatic heterocycles. The smallest absolute Gasteiger partial charge is 0.328 e. The van der Waals surface area contributed by atoms with E-state index in [-0.39, 0.29) is 12.3 Å². The maximum Gasteiger partial charge on any atom is 0.328 e. The molecule has 108 valence electrons. The van der Waals surface area contributed by atoms with Gasteiger partial charge in [0, 0.05) is 24.4 Å². The minimum absolute atomic E-state index is 0.148. The van der Waals surface area contributed by atoms with Crippen LogP contribution in [0.4, 0.5) is 5.69 Å². The number of aryl methyl sites for hydroxylation is 1. The van der Waals surface area contributed by atoms with Gasteiger partial charge in [0.25, 0.3) is 0 Å². The lowest BCUT2D eigenvalue weighted by atomic mass is 10.2. The number of carbonyl (C=O) groups is 2. The third-order valence-corrected chi connectivity index (χ3v) is 2.63. The molecular formula is C14H14N4O3. The number of carboxylic acid groups (broad SMARTS) is 1. The van der Waals surface area contributed by atoms with E-state index < -0.39 is 5.97 Å². The van der Waals surface area contributed by atoms with E-state index in [1.54, 1.807) is 41.3 Å². The summed E-state index contributed by atoms with van der Waals surface area (Å²) in [4.78, 5) is 22.3. The van der Waals surface area contributed by atoms with Crippen LogP contribution in [0.15, 0.2) is 42.7 Å². The van der Waals surface area contributed by atoms with Crippen LogP contribution in [0, 0.1) is 0 Å². The maximum atomic E-state index is 11.8. The molecule has 0 aliphatic carbocycles. The van der Waals surface area contributed by atoms with E-state index in [0.717, 1.165) is 6.08 Å². The first-order chi connectivity index (χ1) is 10.1. The Hall–Kier alpha value is -2.96. The molecular weight excluding hydrogens is 272 g/mol. The SMILES string of the molecule is O=C(O)C=Cc1cccc(NC(=O)CCn2ccnn2)c1. The summed E-state index contributed by atoms with van der Waals surface area (Å²) in [5.41, 5.74) is 1.32. The van der Waals surface area contributed by atoms with Crippen molar-refractivity contribution in [3.05, 3.63) is 48.3 Å². The Labute approximate surface area is 120 Å². The quantitative estimate of drug-likeness (QED) is 0.782. The molecule has 0 atom stereocenters. The second-order valence-corrected chi connectivity index (χ2v) is 4.26. The van der Waals surface area contributed by atoms with Gasteiger partial charge in [-0.05, 0) is 23.8 Å². The van der Waals surface area contributed by atoms with Crippen molar-refractivity contribution in [3.8, 4) is 0 Å². The fraction of sp³-hybridized carbons (Fsp3) is 0.143. The summed E-state index contributed by atoms with van der Waals surface area (Å²) in [6.07, 6.45) is 6.03. The van der Waals surface area contributed by atoms with Gasteiger partial charge in [-0.15, -0.1) is 5.10 Å². The molecule has 0 saturated heterocycles. The number of aliphatic carboxylic acids is 1. The first-order valence-corrected chi connectivity index (χ1v) is 6.28. The van der Waals surface area contributed by atoms with Crippen LogP contribution < -0.4 is 5.32 Å². The topological polar surface area (TPSA) is 97.1 Å². The summed E-state index contributed by atoms with van der Waals surface area (Å²) < 4.78 is 1.58. The molecule has 1 aromatic carbocycles. The van der Waals surface area contributed by atoms with Gasteiger partial charge in [-0.25, -0.2) is 4.79 Å². The fourth-order valence-corrected chi connectivity index (χ4v) is 1.68. The number of benzene rings is 1. The largest absolute Gasteiger partial charge is 0.478 e. The fourth-order valence-electron chi connectivity index (χ4n) is 1.68. The van der Waals surface area contributed by atoms with Gasteiger partial charge >= 0.3 is 5.97 Å². The van der Waals surface area contributed by atoms with E-state index in [0.29, 0.717) is 17.8 Å². The molecule has 2 N–H and O–H groups in total. The summed E-state index contributed by atoms with van der Waals surface area (Å²) in [6.45, 7) is 0.449. The Morgan fingerprint density at radius 2 is 2.24 bits per heavy atom. The first kappa shape index (κ1) is 14.4. The molecule has 1 heterocycles. The van der Waals surface area contributed by atoms with E-state index in [9.17, 15) is 9.59 Å². The van der Waals surface area contributed by atoms with Crippen molar-refractivity contribution < 1.29 is 14.7 Å². The third-order valence-electron chi connectivity index (χ3n) is 2.63. The Balaban J connectivity index is 1.91. The van der Waals surface area contributed by atoms with Crippen molar-refractivity contribution in [1.29, 1.82) is 0 Å². The molecule has 0 aliphatic rings. The van der Waals surface area contributed by atoms with Crippen molar-refractivity contribution >= 4 is 23.6 Å². The number of hydrogen-bond acceptors (Lipinski definition) is 4. The molecule has 0 unspecified atom stereocenters. The lowest BCUT2D eigenvalue weighted by Crippen LogP contribution is -2.14. The summed E-state index contributed by atoms with van der Waals surface area (Å²) in [6, 6.07) is 6.94. The molecule has 0 bridgehead atoms. The van der Waals surface area contributed by atoms with Crippen LogP contribution in [0.1, 0.15) is 12.0 Å². The molecule has 0 spiro atoms. The predicted molar refractivity (Wildman–Crippen MR) is 76.4 cm³/mol. The number of hydrogen-bond donors (Lipinski definition) is 2. The monoisotopic (exact) mass is 286 g/mol. The van der Waals surface area contributed by atoms with Crippen LogP contribution in [0.2, 0.25) is 0 Å². The van der Waals surface area contributed by atoms with Gasteiger partial charge in [0.2, 0.25) is 5.91 Å². The molecule has 7 heteroatoms. The van der Waals surface area contributed by atoms with Crippen LogP contribution in [-0.4, -0.2) is 32.0 Å². The summed E-state index contributed by atoms with van der Waals surface area (Å²) in [5.74, 6) is -1.16. The highest BCUT2D eigenvalue weighted by Gasteiger charge is 2.03. The second kappa shape index (κ2) is 6.99. The minimum Gasteiger partial charge on any atom is -0.478 e. The highest BCUT2D eigenvalue weighted by molar-refractivity contribution is 5.91. The molecule has 7 nitrogen and oxygen atoms in total. The molecule has 0 fully saturated rings. The van der Waals surface area contributed by atoms with Gasteiger partial charge in [-0.2, -0.15) is 0 Å². The maximum absolute atomic E-state index is 11.8. The van der Waals surface area contributed by atoms with Crippen LogP contribution in [0.3, 0.4) is 0 Å². The normalized spacial score (nSPS) is 10.7. The average Bonchev–Trinajstić information content (AvgIpc) is 2.97. The molecule has 0 radical (unpaired) electrons. The molecule has 2 rings (SSSR count). The zero-order valence-electron chi connectivity index (χ0n) is 11.1. The zero-order valence-corrected chi connectivity index (χ0v) is 11.1. The average molecular weight is 286 g/mol. The molecule has 2 aromatic rings. The number of nitrogens with one attached hydrogen (secondary N) is 1. The van der Waals surface area contributed by atoms with E-state index in [4.69, 9.17) is 5.11 Å². The lowest BCUT2D eigenvalue weighted by Gasteiger charge is -2.06. The van der Waals surface area contributed by atoms with Crippen LogP contribution in [-0.2, 0) is 16.1 Å². The molecule has 21 heavy (non-hydrogen) atoms. The highest BCUT2D eigenvalue weighted by atomic mass is 16.4. The zero-order chi connectivity index (χ0) is 15.1. The Kier molecular flexibility index (Phi) is 4.81. The minimum atomic E-state index is -1.02. The standard InChI is InChI=1S/C14H14N4O3/c19-13(6-8-18-9-7-15-17-18)16-12-3-1-2-11(10-12)4-5-14(20)21/h1-5,7,9-10H,6,8H2,(H,16,19)(H,20,21). The Morgan fingerprint density at radius 1 is 1.38 bits per heavy atom. The molecule has 1 aromatic heterocycles. The number of nitrogens with zero attached hydrogens (tertiary/aromatic N) is 3. The third kappa shape index (κ3) is 4.90. The number of anilines is 1. The highest BCUT2D eigenvalue weighted by Crippen LogP contribution is 2.12. The van der Waals surface area contributed by atoms with Crippen molar-refractivity contribution in [1.82, 2.24) is 15.0 Å². The predicted octanol–water partition coefficient (Wildman–Crippen LogP) is 1.40. The number of aromatic nitrogens is 3. The van der Waals surface area contributed by atoms with E-state index >= 15 is 0 Å². The summed E-state index contributed by atoms with van der Waals surface area (Å²) >= 11 is 0. The van der Waals surface area contributed by atoms with Crippen LogP contribution >= 0.6 is 0 Å². The van der Waals surface area contributed by atoms with Crippen molar-refractivity contribution in [2.45, 2.75) is 13.0 Å². The van der Waals surface area contributed by atoms with Gasteiger partial charge in [0.15, 0.2) is 0 Å². The Bertz CT molecular complexity index is 650. The van der Waals surface area contributed by atoms with Crippen molar-refractivity contribution in [3.63, 3.8) is 0 Å². The van der Waals surface area contributed by atoms with E-state index in [2.05, 4.69) is 15.6 Å². The molecule has 0 saturated carbocycles. The summed E-state index contributed by atoms with van der Waals surface area (Å²) in [7, 11) is 0. The van der Waals surface area contributed by atoms with Gasteiger partial charge in [-0.3, -0.25) is 9.48 Å². The van der Waals surface area contributed by atoms with Gasteiger partial charge in [0.05, 0.1) is 12.7 Å². The van der Waals surface area contributed by atoms with Gasteiger partial charge in [-0.1, -0.05) is 17.3 Å². The van der Waals surface area contributed by atoms with Crippen molar-refractivity contribution in [2.75, 3.05) is 5.32 Å². The second-order valence-electron chi connectivity index (χ2n) is 4.26. The number of carbonyl (C=O) groups excluding carboxylic acids is 1. The Morgan fingerprint density at radius 3 is 2.95 bits per heavy atom. The van der Waals surface area contributed by atoms with Gasteiger partial charge < -0.3 is 10.4 Å².